The number of likely N-dealkylation sites (tertiary alicyclic amines) is 2. The molecule has 2 saturated heterocycles. The summed E-state index contributed by atoms with van der Waals surface area (Å²) in [4.78, 5) is 22.1. The molecule has 2 fully saturated rings. The lowest BCUT2D eigenvalue weighted by Gasteiger charge is -2.43. The molecule has 0 N–H and O–H groups in total. The minimum absolute atomic E-state index is 0.0129. The minimum Gasteiger partial charge on any atom is -0.339 e. The van der Waals surface area contributed by atoms with E-state index in [9.17, 15) is 10.1 Å². The van der Waals surface area contributed by atoms with Crippen molar-refractivity contribution in [2.75, 3.05) is 26.2 Å². The lowest BCUT2D eigenvalue weighted by atomic mass is 9.81. The fraction of sp³-hybridized carbons (Fsp3) is 0.393. The van der Waals surface area contributed by atoms with Gasteiger partial charge in [-0.25, -0.2) is 0 Å². The third-order valence-corrected chi connectivity index (χ3v) is 8.32. The molecule has 0 bridgehead atoms. The molecule has 5 rings (SSSR count). The molecular weight excluding hydrogens is 479 g/mol. The standard InChI is InChI=1S/C28H28Cl2N4O/c29-25-6-5-19(16-26(25)30)15-20-8-12-34(18-21(20)17-31)22-9-13-33(14-10-22)28(35)24-7-11-32-27-4-2-1-3-23(24)27/h1-7,11,16,20-22H,8-10,12-15,18H2/t20-,21-/m1/s1. The molecule has 3 heterocycles. The molecule has 35 heavy (non-hydrogen) atoms. The van der Waals surface area contributed by atoms with Gasteiger partial charge < -0.3 is 4.90 Å². The van der Waals surface area contributed by atoms with Gasteiger partial charge in [0.15, 0.2) is 0 Å². The molecule has 0 radical (unpaired) electrons. The number of carbonyl (C=O) groups is 1. The van der Waals surface area contributed by atoms with Gasteiger partial charge in [-0.1, -0.05) is 47.5 Å². The molecule has 2 aliphatic heterocycles. The number of pyridine rings is 1. The van der Waals surface area contributed by atoms with Crippen LogP contribution in [0.2, 0.25) is 10.0 Å². The van der Waals surface area contributed by atoms with Crippen LogP contribution in [0.25, 0.3) is 10.9 Å². The molecule has 180 valence electrons. The first kappa shape index (κ1) is 24.1. The second-order valence-electron chi connectivity index (χ2n) is 9.63. The van der Waals surface area contributed by atoms with Crippen molar-refractivity contribution in [3.63, 3.8) is 0 Å². The van der Waals surface area contributed by atoms with Crippen molar-refractivity contribution >= 4 is 40.0 Å². The zero-order chi connectivity index (χ0) is 24.4. The van der Waals surface area contributed by atoms with Gasteiger partial charge in [0.1, 0.15) is 0 Å². The summed E-state index contributed by atoms with van der Waals surface area (Å²) in [6.07, 6.45) is 5.41. The van der Waals surface area contributed by atoms with Gasteiger partial charge in [-0.2, -0.15) is 5.26 Å². The molecular formula is C28H28Cl2N4O. The van der Waals surface area contributed by atoms with Crippen LogP contribution < -0.4 is 0 Å². The number of aromatic nitrogens is 1. The molecule has 7 heteroatoms. The van der Waals surface area contributed by atoms with E-state index < -0.39 is 0 Å². The summed E-state index contributed by atoms with van der Waals surface area (Å²) < 4.78 is 0. The molecule has 5 nitrogen and oxygen atoms in total. The predicted octanol–water partition coefficient (Wildman–Crippen LogP) is 5.85. The highest BCUT2D eigenvalue weighted by molar-refractivity contribution is 6.42. The number of hydrogen-bond acceptors (Lipinski definition) is 4. The van der Waals surface area contributed by atoms with E-state index in [-0.39, 0.29) is 11.8 Å². The Bertz CT molecular complexity index is 1260. The van der Waals surface area contributed by atoms with Crippen LogP contribution in [0.5, 0.6) is 0 Å². The van der Waals surface area contributed by atoms with Gasteiger partial charge >= 0.3 is 0 Å². The molecule has 1 aromatic heterocycles. The number of benzene rings is 2. The van der Waals surface area contributed by atoms with Gasteiger partial charge in [0.05, 0.1) is 33.1 Å². The maximum atomic E-state index is 13.3. The smallest absolute Gasteiger partial charge is 0.254 e. The van der Waals surface area contributed by atoms with Crippen LogP contribution in [0.15, 0.2) is 54.7 Å². The molecule has 2 aromatic carbocycles. The van der Waals surface area contributed by atoms with Crippen LogP contribution >= 0.6 is 23.2 Å². The van der Waals surface area contributed by atoms with Crippen LogP contribution in [0.1, 0.15) is 35.2 Å². The second-order valence-corrected chi connectivity index (χ2v) is 10.4. The third-order valence-electron chi connectivity index (χ3n) is 7.58. The Morgan fingerprint density at radius 2 is 1.83 bits per heavy atom. The quantitative estimate of drug-likeness (QED) is 0.445. The van der Waals surface area contributed by atoms with Crippen LogP contribution in [-0.2, 0) is 6.42 Å². The van der Waals surface area contributed by atoms with E-state index >= 15 is 0 Å². The Morgan fingerprint density at radius 1 is 1.03 bits per heavy atom. The lowest BCUT2D eigenvalue weighted by molar-refractivity contribution is 0.0487. The highest BCUT2D eigenvalue weighted by Crippen LogP contribution is 2.32. The van der Waals surface area contributed by atoms with E-state index in [0.29, 0.717) is 22.0 Å². The Labute approximate surface area is 216 Å². The van der Waals surface area contributed by atoms with E-state index in [4.69, 9.17) is 23.2 Å². The molecule has 1 amide bonds. The first-order chi connectivity index (χ1) is 17.0. The molecule has 0 unspecified atom stereocenters. The Kier molecular flexibility index (Phi) is 7.24. The monoisotopic (exact) mass is 506 g/mol. The minimum atomic E-state index is -0.0129. The summed E-state index contributed by atoms with van der Waals surface area (Å²) in [6, 6.07) is 18.4. The van der Waals surface area contributed by atoms with Crippen molar-refractivity contribution in [1.82, 2.24) is 14.8 Å². The Morgan fingerprint density at radius 3 is 2.60 bits per heavy atom. The van der Waals surface area contributed by atoms with Crippen LogP contribution in [0, 0.1) is 23.2 Å². The highest BCUT2D eigenvalue weighted by atomic mass is 35.5. The second kappa shape index (κ2) is 10.5. The Balaban J connectivity index is 1.19. The van der Waals surface area contributed by atoms with E-state index in [1.165, 1.54) is 0 Å². The summed E-state index contributed by atoms with van der Waals surface area (Å²) in [5, 5.41) is 11.9. The number of nitriles is 1. The largest absolute Gasteiger partial charge is 0.339 e. The third kappa shape index (κ3) is 5.16. The number of hydrogen-bond donors (Lipinski definition) is 0. The summed E-state index contributed by atoms with van der Waals surface area (Å²) in [6.45, 7) is 3.25. The summed E-state index contributed by atoms with van der Waals surface area (Å²) in [7, 11) is 0. The van der Waals surface area contributed by atoms with Gasteiger partial charge in [-0.15, -0.1) is 0 Å². The zero-order valence-electron chi connectivity index (χ0n) is 19.5. The van der Waals surface area contributed by atoms with Crippen molar-refractivity contribution in [2.24, 2.45) is 11.8 Å². The lowest BCUT2D eigenvalue weighted by Crippen LogP contribution is -2.51. The number of fused-ring (bicyclic) bond motifs is 1. The van der Waals surface area contributed by atoms with Crippen LogP contribution in [0.3, 0.4) is 0 Å². The topological polar surface area (TPSA) is 60.2 Å². The molecule has 0 spiro atoms. The average Bonchev–Trinajstić information content (AvgIpc) is 2.90. The van der Waals surface area contributed by atoms with Gasteiger partial charge in [-0.05, 0) is 68.0 Å². The van der Waals surface area contributed by atoms with E-state index in [0.717, 1.165) is 73.9 Å². The normalized spacial score (nSPS) is 21.7. The summed E-state index contributed by atoms with van der Waals surface area (Å²) in [5.41, 5.74) is 2.70. The fourth-order valence-corrected chi connectivity index (χ4v) is 5.92. The highest BCUT2D eigenvalue weighted by Gasteiger charge is 2.35. The molecule has 2 atom stereocenters. The maximum absolute atomic E-state index is 13.3. The SMILES string of the molecule is N#C[C@@H]1CN(C2CCN(C(=O)c3ccnc4ccccc34)CC2)CC[C@@H]1Cc1ccc(Cl)c(Cl)c1. The van der Waals surface area contributed by atoms with Gasteiger partial charge in [-0.3, -0.25) is 14.7 Å². The summed E-state index contributed by atoms with van der Waals surface area (Å²) in [5.74, 6) is 0.383. The molecule has 0 aliphatic carbocycles. The van der Waals surface area contributed by atoms with Gasteiger partial charge in [0.2, 0.25) is 0 Å². The number of nitrogens with zero attached hydrogens (tertiary/aromatic N) is 4. The van der Waals surface area contributed by atoms with E-state index in [1.54, 1.807) is 6.20 Å². The molecule has 3 aromatic rings. The maximum Gasteiger partial charge on any atom is 0.254 e. The van der Waals surface area contributed by atoms with Crippen molar-refractivity contribution in [2.45, 2.75) is 31.7 Å². The van der Waals surface area contributed by atoms with Gasteiger partial charge in [0, 0.05) is 37.3 Å². The van der Waals surface area contributed by atoms with Crippen molar-refractivity contribution in [1.29, 1.82) is 5.26 Å². The van der Waals surface area contributed by atoms with Gasteiger partial charge in [0.25, 0.3) is 5.91 Å². The molecule has 0 saturated carbocycles. The summed E-state index contributed by atoms with van der Waals surface area (Å²) >= 11 is 12.2. The fourth-order valence-electron chi connectivity index (χ4n) is 5.60. The van der Waals surface area contributed by atoms with Crippen LogP contribution in [0.4, 0.5) is 0 Å². The van der Waals surface area contributed by atoms with Crippen molar-refractivity contribution in [3.05, 3.63) is 75.9 Å². The Hall–Kier alpha value is -2.65. The van der Waals surface area contributed by atoms with E-state index in [1.807, 2.05) is 53.4 Å². The first-order valence-electron chi connectivity index (χ1n) is 12.2. The van der Waals surface area contributed by atoms with E-state index in [2.05, 4.69) is 16.0 Å². The molecule has 2 aliphatic rings. The number of rotatable bonds is 4. The number of halogens is 2. The van der Waals surface area contributed by atoms with Crippen LogP contribution in [-0.4, -0.2) is 52.9 Å². The first-order valence-corrected chi connectivity index (χ1v) is 13.0. The number of para-hydroxylation sites is 1. The van der Waals surface area contributed by atoms with Crippen molar-refractivity contribution < 1.29 is 4.79 Å². The zero-order valence-corrected chi connectivity index (χ0v) is 21.0. The van der Waals surface area contributed by atoms with Crippen molar-refractivity contribution in [3.8, 4) is 6.07 Å². The number of carbonyl (C=O) groups excluding carboxylic acids is 1. The number of piperidine rings is 2. The average molecular weight is 507 g/mol. The predicted molar refractivity (Wildman–Crippen MR) is 140 cm³/mol. The number of amides is 1.